The Hall–Kier alpha value is -0.130. The van der Waals surface area contributed by atoms with Crippen molar-refractivity contribution in [3.63, 3.8) is 0 Å². The van der Waals surface area contributed by atoms with Gasteiger partial charge in [0.1, 0.15) is 9.84 Å². The first-order valence-electron chi connectivity index (χ1n) is 7.36. The minimum Gasteiger partial charge on any atom is -0.308 e. The number of piperazine rings is 1. The molecule has 1 saturated carbocycles. The minimum atomic E-state index is -2.89. The number of sulfone groups is 1. The Morgan fingerprint density at radius 1 is 1.32 bits per heavy atom. The molecule has 2 rings (SSSR count). The number of rotatable bonds is 5. The summed E-state index contributed by atoms with van der Waals surface area (Å²) in [6, 6.07) is 0. The predicted octanol–water partition coefficient (Wildman–Crippen LogP) is 1.27. The van der Waals surface area contributed by atoms with Crippen LogP contribution in [0.4, 0.5) is 0 Å². The molecule has 0 amide bonds. The Morgan fingerprint density at radius 2 is 1.95 bits per heavy atom. The summed E-state index contributed by atoms with van der Waals surface area (Å²) in [6.45, 7) is 9.32. The number of nitrogens with zero attached hydrogens (tertiary/aromatic N) is 1. The van der Waals surface area contributed by atoms with Gasteiger partial charge in [-0.15, -0.1) is 0 Å². The van der Waals surface area contributed by atoms with Gasteiger partial charge in [0.15, 0.2) is 0 Å². The van der Waals surface area contributed by atoms with Gasteiger partial charge in [-0.2, -0.15) is 0 Å². The van der Waals surface area contributed by atoms with Gasteiger partial charge in [0.05, 0.1) is 5.75 Å². The van der Waals surface area contributed by atoms with Gasteiger partial charge < -0.3 is 5.32 Å². The van der Waals surface area contributed by atoms with E-state index < -0.39 is 9.84 Å². The molecule has 0 bridgehead atoms. The topological polar surface area (TPSA) is 49.4 Å². The van der Waals surface area contributed by atoms with Gasteiger partial charge in [-0.1, -0.05) is 6.92 Å². The fourth-order valence-electron chi connectivity index (χ4n) is 3.11. The smallest absolute Gasteiger partial charge is 0.148 e. The van der Waals surface area contributed by atoms with Gasteiger partial charge in [-0.25, -0.2) is 8.42 Å². The molecule has 5 heteroatoms. The lowest BCUT2D eigenvalue weighted by molar-refractivity contribution is 0.0155. The highest BCUT2D eigenvalue weighted by Crippen LogP contribution is 2.42. The molecular formula is C14H28N2O2S. The Kier molecular flexibility index (Phi) is 4.02. The normalized spacial score (nSPS) is 37.5. The van der Waals surface area contributed by atoms with E-state index in [1.165, 1.54) is 19.1 Å². The molecular weight excluding hydrogens is 260 g/mol. The SMILES string of the molecule is CCC1(C)CNC(C)(C2CC2)CN1CCS(C)(=O)=O. The highest BCUT2D eigenvalue weighted by atomic mass is 32.2. The third-order valence-corrected chi connectivity index (χ3v) is 6.05. The van der Waals surface area contributed by atoms with Crippen LogP contribution < -0.4 is 5.32 Å². The molecule has 19 heavy (non-hydrogen) atoms. The molecule has 2 unspecified atom stereocenters. The second kappa shape index (κ2) is 5.01. The van der Waals surface area contributed by atoms with Crippen molar-refractivity contribution in [2.24, 2.45) is 5.92 Å². The standard InChI is InChI=1S/C14H28N2O2S/c1-5-13(2)10-15-14(3,12-6-7-12)11-16(13)8-9-19(4,17)18/h12,15H,5-11H2,1-4H3. The Labute approximate surface area is 117 Å². The molecule has 4 nitrogen and oxygen atoms in total. The summed E-state index contributed by atoms with van der Waals surface area (Å²) in [6.07, 6.45) is 5.00. The first kappa shape index (κ1) is 15.3. The maximum atomic E-state index is 11.4. The Morgan fingerprint density at radius 3 is 2.42 bits per heavy atom. The molecule has 1 aliphatic carbocycles. The van der Waals surface area contributed by atoms with Crippen LogP contribution in [0.1, 0.15) is 40.0 Å². The van der Waals surface area contributed by atoms with Crippen LogP contribution in [-0.4, -0.2) is 56.0 Å². The summed E-state index contributed by atoms with van der Waals surface area (Å²) in [7, 11) is -2.89. The van der Waals surface area contributed by atoms with Gasteiger partial charge in [0.2, 0.25) is 0 Å². The zero-order valence-corrected chi connectivity index (χ0v) is 13.5. The van der Waals surface area contributed by atoms with E-state index in [4.69, 9.17) is 0 Å². The molecule has 1 N–H and O–H groups in total. The molecule has 1 aliphatic heterocycles. The first-order chi connectivity index (χ1) is 8.69. The number of hydrogen-bond donors (Lipinski definition) is 1. The maximum Gasteiger partial charge on any atom is 0.148 e. The molecule has 1 saturated heterocycles. The van der Waals surface area contributed by atoms with Crippen LogP contribution in [0.15, 0.2) is 0 Å². The second-order valence-corrected chi connectivity index (χ2v) is 9.21. The van der Waals surface area contributed by atoms with Gasteiger partial charge in [-0.3, -0.25) is 4.90 Å². The molecule has 2 fully saturated rings. The maximum absolute atomic E-state index is 11.4. The number of nitrogens with one attached hydrogen (secondary N) is 1. The summed E-state index contributed by atoms with van der Waals surface area (Å²) in [5, 5.41) is 3.73. The second-order valence-electron chi connectivity index (χ2n) is 6.95. The molecule has 0 radical (unpaired) electrons. The van der Waals surface area contributed by atoms with Gasteiger partial charge in [0.25, 0.3) is 0 Å². The van der Waals surface area contributed by atoms with E-state index in [-0.39, 0.29) is 16.8 Å². The monoisotopic (exact) mass is 288 g/mol. The lowest BCUT2D eigenvalue weighted by atomic mass is 9.84. The summed E-state index contributed by atoms with van der Waals surface area (Å²) in [5.41, 5.74) is 0.255. The zero-order valence-electron chi connectivity index (χ0n) is 12.7. The average Bonchev–Trinajstić information content (AvgIpc) is 3.14. The van der Waals surface area contributed by atoms with Crippen LogP contribution in [0.3, 0.4) is 0 Å². The van der Waals surface area contributed by atoms with Crippen molar-refractivity contribution in [1.29, 1.82) is 0 Å². The van der Waals surface area contributed by atoms with E-state index in [0.29, 0.717) is 6.54 Å². The van der Waals surface area contributed by atoms with E-state index >= 15 is 0 Å². The molecule has 2 atom stereocenters. The van der Waals surface area contributed by atoms with Gasteiger partial charge >= 0.3 is 0 Å². The van der Waals surface area contributed by atoms with Gasteiger partial charge in [-0.05, 0) is 39.0 Å². The van der Waals surface area contributed by atoms with Gasteiger partial charge in [0, 0.05) is 37.0 Å². The molecule has 112 valence electrons. The molecule has 2 aliphatic rings. The molecule has 0 aromatic carbocycles. The third-order valence-electron chi connectivity index (χ3n) is 5.13. The van der Waals surface area contributed by atoms with E-state index in [9.17, 15) is 8.42 Å². The first-order valence-corrected chi connectivity index (χ1v) is 9.42. The number of hydrogen-bond acceptors (Lipinski definition) is 4. The van der Waals surface area contributed by atoms with Crippen molar-refractivity contribution in [3.8, 4) is 0 Å². The average molecular weight is 288 g/mol. The van der Waals surface area contributed by atoms with Crippen molar-refractivity contribution in [1.82, 2.24) is 10.2 Å². The van der Waals surface area contributed by atoms with Crippen molar-refractivity contribution in [2.75, 3.05) is 31.6 Å². The highest BCUT2D eigenvalue weighted by Gasteiger charge is 2.48. The van der Waals surface area contributed by atoms with Crippen molar-refractivity contribution in [3.05, 3.63) is 0 Å². The fraction of sp³-hybridized carbons (Fsp3) is 1.00. The van der Waals surface area contributed by atoms with E-state index in [0.717, 1.165) is 25.4 Å². The summed E-state index contributed by atoms with van der Waals surface area (Å²) >= 11 is 0. The summed E-state index contributed by atoms with van der Waals surface area (Å²) in [5.74, 6) is 1.04. The highest BCUT2D eigenvalue weighted by molar-refractivity contribution is 7.90. The van der Waals surface area contributed by atoms with E-state index in [2.05, 4.69) is 31.0 Å². The van der Waals surface area contributed by atoms with Crippen LogP contribution in [0.5, 0.6) is 0 Å². The molecule has 0 aromatic rings. The summed E-state index contributed by atoms with van der Waals surface area (Å²) < 4.78 is 22.9. The lowest BCUT2D eigenvalue weighted by Crippen LogP contribution is -2.69. The van der Waals surface area contributed by atoms with Crippen LogP contribution in [0.2, 0.25) is 0 Å². The van der Waals surface area contributed by atoms with E-state index in [1.807, 2.05) is 0 Å². The van der Waals surface area contributed by atoms with Crippen LogP contribution in [-0.2, 0) is 9.84 Å². The lowest BCUT2D eigenvalue weighted by Gasteiger charge is -2.52. The largest absolute Gasteiger partial charge is 0.308 e. The van der Waals surface area contributed by atoms with Crippen LogP contribution in [0, 0.1) is 5.92 Å². The Balaban J connectivity index is 2.08. The quantitative estimate of drug-likeness (QED) is 0.828. The predicted molar refractivity (Wildman–Crippen MR) is 79.1 cm³/mol. The van der Waals surface area contributed by atoms with E-state index in [1.54, 1.807) is 0 Å². The Bertz CT molecular complexity index is 433. The summed E-state index contributed by atoms with van der Waals surface area (Å²) in [4.78, 5) is 2.41. The zero-order chi connectivity index (χ0) is 14.3. The minimum absolute atomic E-state index is 0.0824. The molecule has 0 aromatic heterocycles. The third kappa shape index (κ3) is 3.50. The fourth-order valence-corrected chi connectivity index (χ4v) is 3.67. The van der Waals surface area contributed by atoms with Crippen LogP contribution >= 0.6 is 0 Å². The van der Waals surface area contributed by atoms with Crippen molar-refractivity contribution < 1.29 is 8.42 Å². The van der Waals surface area contributed by atoms with Crippen molar-refractivity contribution in [2.45, 2.75) is 51.1 Å². The molecule has 0 spiro atoms. The van der Waals surface area contributed by atoms with Crippen molar-refractivity contribution >= 4 is 9.84 Å². The molecule has 1 heterocycles. The van der Waals surface area contributed by atoms with Crippen LogP contribution in [0.25, 0.3) is 0 Å².